The molecule has 3 heterocycles. The van der Waals surface area contributed by atoms with Crippen LogP contribution in [0.1, 0.15) is 67.9 Å². The molecule has 1 aromatic carbocycles. The van der Waals surface area contributed by atoms with Crippen molar-refractivity contribution in [3.63, 3.8) is 0 Å². The molecule has 2 atom stereocenters. The summed E-state index contributed by atoms with van der Waals surface area (Å²) in [5.74, 6) is -0.0767. The molecule has 0 bridgehead atoms. The fourth-order valence-electron chi connectivity index (χ4n) is 5.31. The van der Waals surface area contributed by atoms with Crippen LogP contribution in [0.4, 0.5) is 0 Å². The lowest BCUT2D eigenvalue weighted by molar-refractivity contribution is -0.133. The minimum Gasteiger partial charge on any atom is -0.463 e. The highest BCUT2D eigenvalue weighted by molar-refractivity contribution is 6.03. The van der Waals surface area contributed by atoms with Crippen molar-refractivity contribution in [3.05, 3.63) is 60.0 Å². The average molecular weight is 434 g/mol. The molecular formula is C26H31N3O3. The molecule has 6 nitrogen and oxygen atoms in total. The topological polar surface area (TPSA) is 67.5 Å². The molecule has 1 saturated carbocycles. The van der Waals surface area contributed by atoms with E-state index in [4.69, 9.17) is 4.42 Å². The zero-order valence-corrected chi connectivity index (χ0v) is 18.8. The van der Waals surface area contributed by atoms with Gasteiger partial charge in [-0.2, -0.15) is 0 Å². The quantitative estimate of drug-likeness (QED) is 0.634. The van der Waals surface area contributed by atoms with Gasteiger partial charge in [0.25, 0.3) is 5.91 Å². The molecule has 0 spiro atoms. The van der Waals surface area contributed by atoms with Gasteiger partial charge in [0.15, 0.2) is 5.58 Å². The molecule has 32 heavy (non-hydrogen) atoms. The van der Waals surface area contributed by atoms with E-state index >= 15 is 0 Å². The van der Waals surface area contributed by atoms with Crippen LogP contribution >= 0.6 is 0 Å². The van der Waals surface area contributed by atoms with Crippen LogP contribution < -0.4 is 5.32 Å². The van der Waals surface area contributed by atoms with Crippen LogP contribution in [0.5, 0.6) is 0 Å². The molecule has 2 aliphatic rings. The van der Waals surface area contributed by atoms with E-state index < -0.39 is 5.54 Å². The van der Waals surface area contributed by atoms with E-state index in [0.717, 1.165) is 36.8 Å². The van der Waals surface area contributed by atoms with E-state index in [-0.39, 0.29) is 23.8 Å². The number of carbonyl (C=O) groups is 2. The highest BCUT2D eigenvalue weighted by atomic mass is 16.3. The van der Waals surface area contributed by atoms with Crippen molar-refractivity contribution in [2.75, 3.05) is 6.54 Å². The van der Waals surface area contributed by atoms with Crippen LogP contribution in [0, 0.1) is 0 Å². The maximum absolute atomic E-state index is 13.7. The maximum Gasteiger partial charge on any atom is 0.271 e. The van der Waals surface area contributed by atoms with Crippen molar-refractivity contribution in [1.29, 1.82) is 0 Å². The van der Waals surface area contributed by atoms with Crippen molar-refractivity contribution in [2.24, 2.45) is 0 Å². The number of fused-ring (bicyclic) bond motifs is 3. The highest BCUT2D eigenvalue weighted by Gasteiger charge is 2.48. The summed E-state index contributed by atoms with van der Waals surface area (Å²) in [7, 11) is 0. The number of benzene rings is 1. The number of hydrogen-bond acceptors (Lipinski definition) is 3. The molecule has 0 saturated heterocycles. The maximum atomic E-state index is 13.7. The largest absolute Gasteiger partial charge is 0.463 e. The number of amides is 2. The van der Waals surface area contributed by atoms with E-state index in [1.165, 1.54) is 6.42 Å². The monoisotopic (exact) mass is 433 g/mol. The van der Waals surface area contributed by atoms with Crippen LogP contribution in [-0.4, -0.2) is 39.4 Å². The number of aromatic nitrogens is 1. The van der Waals surface area contributed by atoms with Gasteiger partial charge in [-0.15, -0.1) is 0 Å². The van der Waals surface area contributed by atoms with Crippen LogP contribution in [-0.2, 0) is 11.3 Å². The van der Waals surface area contributed by atoms with Crippen LogP contribution in [0.2, 0.25) is 0 Å². The summed E-state index contributed by atoms with van der Waals surface area (Å²) in [5, 5.41) is 3.29. The van der Waals surface area contributed by atoms with Crippen LogP contribution in [0.15, 0.2) is 53.1 Å². The Morgan fingerprint density at radius 3 is 2.69 bits per heavy atom. The van der Waals surface area contributed by atoms with Crippen LogP contribution in [0.3, 0.4) is 0 Å². The first kappa shape index (κ1) is 20.9. The zero-order valence-electron chi connectivity index (χ0n) is 18.8. The van der Waals surface area contributed by atoms with Gasteiger partial charge in [0.2, 0.25) is 5.91 Å². The Morgan fingerprint density at radius 1 is 1.19 bits per heavy atom. The molecule has 168 valence electrons. The van der Waals surface area contributed by atoms with Crippen molar-refractivity contribution in [1.82, 2.24) is 14.8 Å². The second-order valence-corrected chi connectivity index (χ2v) is 9.60. The lowest BCUT2D eigenvalue weighted by Crippen LogP contribution is -2.65. The van der Waals surface area contributed by atoms with Gasteiger partial charge in [-0.25, -0.2) is 0 Å². The van der Waals surface area contributed by atoms with E-state index in [1.54, 1.807) is 17.2 Å². The number of rotatable bonds is 5. The molecule has 2 amide bonds. The number of furan rings is 1. The van der Waals surface area contributed by atoms with Crippen molar-refractivity contribution >= 4 is 22.9 Å². The molecule has 5 rings (SSSR count). The highest BCUT2D eigenvalue weighted by Crippen LogP contribution is 2.35. The van der Waals surface area contributed by atoms with E-state index in [9.17, 15) is 9.59 Å². The Hall–Kier alpha value is -3.02. The molecule has 1 aliphatic heterocycles. The molecular weight excluding hydrogens is 402 g/mol. The third-order valence-electron chi connectivity index (χ3n) is 7.30. The summed E-state index contributed by atoms with van der Waals surface area (Å²) in [4.78, 5) is 29.3. The molecule has 1 N–H and O–H groups in total. The molecule has 1 fully saturated rings. The first-order valence-electron chi connectivity index (χ1n) is 11.7. The summed E-state index contributed by atoms with van der Waals surface area (Å²) < 4.78 is 7.51. The third-order valence-corrected chi connectivity index (χ3v) is 7.30. The Balaban J connectivity index is 1.50. The second-order valence-electron chi connectivity index (χ2n) is 9.60. The summed E-state index contributed by atoms with van der Waals surface area (Å²) in [6, 6.07) is 14.0. The van der Waals surface area contributed by atoms with Gasteiger partial charge in [0.05, 0.1) is 18.3 Å². The zero-order chi connectivity index (χ0) is 22.3. The van der Waals surface area contributed by atoms with Gasteiger partial charge in [0.1, 0.15) is 11.2 Å². The summed E-state index contributed by atoms with van der Waals surface area (Å²) in [5.41, 5.74) is 2.31. The second kappa shape index (κ2) is 8.15. The third kappa shape index (κ3) is 3.51. The first-order chi connectivity index (χ1) is 15.5. The van der Waals surface area contributed by atoms with Gasteiger partial charge < -0.3 is 19.2 Å². The van der Waals surface area contributed by atoms with Gasteiger partial charge in [-0.3, -0.25) is 9.59 Å². The Bertz CT molecular complexity index is 1130. The van der Waals surface area contributed by atoms with Crippen molar-refractivity contribution in [3.8, 4) is 0 Å². The van der Waals surface area contributed by atoms with Crippen molar-refractivity contribution in [2.45, 2.75) is 70.0 Å². The molecule has 1 aliphatic carbocycles. The number of nitrogens with zero attached hydrogens (tertiary/aromatic N) is 2. The van der Waals surface area contributed by atoms with Crippen LogP contribution in [0.25, 0.3) is 11.1 Å². The fourth-order valence-corrected chi connectivity index (χ4v) is 5.31. The molecule has 2 aromatic heterocycles. The number of nitrogens with one attached hydrogen (secondary N) is 1. The predicted molar refractivity (Wildman–Crippen MR) is 124 cm³/mol. The fraction of sp³-hybridized carbons (Fsp3) is 0.462. The van der Waals surface area contributed by atoms with Crippen molar-refractivity contribution < 1.29 is 14.0 Å². The predicted octanol–water partition coefficient (Wildman–Crippen LogP) is 4.70. The SMILES string of the molecule is CC(CN1C(=O)c2cc3occc3n2CC1(C)C(=O)NC1CCCCC1)c1ccccc1. The van der Waals surface area contributed by atoms with E-state index in [0.29, 0.717) is 24.4 Å². The number of hydrogen-bond donors (Lipinski definition) is 1. The minimum absolute atomic E-state index is 0.0611. The van der Waals surface area contributed by atoms with Gasteiger partial charge in [-0.1, -0.05) is 56.5 Å². The molecule has 2 unspecified atom stereocenters. The Labute approximate surface area is 188 Å². The standard InChI is InChI=1S/C26H31N3O3/c1-18(19-9-5-3-6-10-19)16-29-24(30)22-15-23-21(13-14-32-23)28(22)17-26(29,2)25(31)27-20-11-7-4-8-12-20/h3,5-6,9-10,13-15,18,20H,4,7-8,11-12,16-17H2,1-2H3,(H,27,31). The lowest BCUT2D eigenvalue weighted by Gasteiger charge is -2.45. The normalized spacial score (nSPS) is 22.7. The van der Waals surface area contributed by atoms with Gasteiger partial charge in [-0.05, 0) is 31.2 Å². The molecule has 3 aromatic rings. The Morgan fingerprint density at radius 2 is 1.94 bits per heavy atom. The lowest BCUT2D eigenvalue weighted by atomic mass is 9.89. The minimum atomic E-state index is -0.978. The van der Waals surface area contributed by atoms with Gasteiger partial charge in [0, 0.05) is 24.7 Å². The van der Waals surface area contributed by atoms with Gasteiger partial charge >= 0.3 is 0 Å². The molecule has 6 heteroatoms. The van der Waals surface area contributed by atoms with E-state index in [2.05, 4.69) is 24.4 Å². The Kier molecular flexibility index (Phi) is 5.31. The number of carbonyl (C=O) groups excluding carboxylic acids is 2. The first-order valence-corrected chi connectivity index (χ1v) is 11.7. The smallest absolute Gasteiger partial charge is 0.271 e. The van der Waals surface area contributed by atoms with E-state index in [1.807, 2.05) is 35.8 Å². The molecule has 0 radical (unpaired) electrons. The summed E-state index contributed by atoms with van der Waals surface area (Å²) in [6.45, 7) is 4.92. The summed E-state index contributed by atoms with van der Waals surface area (Å²) in [6.07, 6.45) is 7.17. The summed E-state index contributed by atoms with van der Waals surface area (Å²) >= 11 is 0. The average Bonchev–Trinajstić information content (AvgIpc) is 3.40.